The lowest BCUT2D eigenvalue weighted by atomic mass is 9.46. The second kappa shape index (κ2) is 5.60. The van der Waals surface area contributed by atoms with E-state index in [1.54, 1.807) is 7.11 Å². The average molecular weight is 428 g/mol. The number of piperidine rings is 1. The van der Waals surface area contributed by atoms with Crippen molar-refractivity contribution in [3.63, 3.8) is 0 Å². The number of hydrogen-bond acceptors (Lipinski definition) is 5. The van der Waals surface area contributed by atoms with Gasteiger partial charge in [-0.3, -0.25) is 0 Å². The van der Waals surface area contributed by atoms with Crippen molar-refractivity contribution in [1.82, 2.24) is 4.90 Å². The number of nitrogens with zero attached hydrogens (tertiary/aromatic N) is 1. The molecule has 0 aromatic heterocycles. The Hall–Kier alpha value is -1.30. The van der Waals surface area contributed by atoms with Crippen molar-refractivity contribution < 1.29 is 19.3 Å². The normalized spacial score (nSPS) is 44.1. The van der Waals surface area contributed by atoms with Gasteiger partial charge in [0.25, 0.3) is 0 Å². The first-order valence-electron chi connectivity index (χ1n) is 11.8. The Labute approximate surface area is 186 Å². The van der Waals surface area contributed by atoms with Crippen LogP contribution in [0.4, 0.5) is 0 Å². The summed E-state index contributed by atoms with van der Waals surface area (Å²) in [5.74, 6) is 1.79. The summed E-state index contributed by atoms with van der Waals surface area (Å²) in [6.45, 7) is 9.54. The van der Waals surface area contributed by atoms with Crippen LogP contribution in [0.1, 0.15) is 58.1 Å². The predicted molar refractivity (Wildman–Crippen MR) is 119 cm³/mol. The third kappa shape index (κ3) is 1.90. The smallest absolute Gasteiger partial charge is 0.165 e. The van der Waals surface area contributed by atoms with Crippen molar-refractivity contribution in [2.75, 3.05) is 27.8 Å². The molecule has 1 saturated heterocycles. The third-order valence-corrected chi connectivity index (χ3v) is 10.7. The highest BCUT2D eigenvalue weighted by molar-refractivity contribution is 5.64. The molecule has 2 saturated carbocycles. The van der Waals surface area contributed by atoms with Crippen LogP contribution in [0, 0.1) is 16.7 Å². The van der Waals surface area contributed by atoms with Crippen LogP contribution >= 0.6 is 0 Å². The van der Waals surface area contributed by atoms with E-state index in [-0.39, 0.29) is 28.3 Å². The van der Waals surface area contributed by atoms with Gasteiger partial charge < -0.3 is 24.2 Å². The largest absolute Gasteiger partial charge is 0.493 e. The number of ether oxygens (including phenoxy) is 3. The molecule has 4 bridgehead atoms. The van der Waals surface area contributed by atoms with Crippen LogP contribution in [0.15, 0.2) is 12.1 Å². The van der Waals surface area contributed by atoms with Crippen LogP contribution in [-0.2, 0) is 16.6 Å². The molecule has 6 rings (SSSR count). The van der Waals surface area contributed by atoms with Gasteiger partial charge in [0.05, 0.1) is 12.7 Å². The van der Waals surface area contributed by atoms with E-state index in [0.717, 1.165) is 43.7 Å². The average Bonchev–Trinajstić information content (AvgIpc) is 3.32. The van der Waals surface area contributed by atoms with Crippen LogP contribution < -0.4 is 9.47 Å². The molecule has 0 radical (unpaired) electrons. The fraction of sp³-hybridized carbons (Fsp3) is 0.769. The van der Waals surface area contributed by atoms with Gasteiger partial charge in [-0.05, 0) is 63.2 Å². The highest BCUT2D eigenvalue weighted by atomic mass is 16.6. The minimum Gasteiger partial charge on any atom is -0.493 e. The van der Waals surface area contributed by atoms with Crippen molar-refractivity contribution in [2.45, 2.75) is 82.1 Å². The second-order valence-electron chi connectivity index (χ2n) is 12.2. The van der Waals surface area contributed by atoms with Gasteiger partial charge in [0, 0.05) is 35.5 Å². The Morgan fingerprint density at radius 2 is 1.94 bits per heavy atom. The maximum absolute atomic E-state index is 12.0. The molecule has 7 atom stereocenters. The molecular formula is C26H37NO4. The lowest BCUT2D eigenvalue weighted by molar-refractivity contribution is -0.211. The van der Waals surface area contributed by atoms with Gasteiger partial charge in [-0.25, -0.2) is 0 Å². The fourth-order valence-corrected chi connectivity index (χ4v) is 8.82. The van der Waals surface area contributed by atoms with Crippen LogP contribution in [0.5, 0.6) is 11.5 Å². The number of benzene rings is 1. The van der Waals surface area contributed by atoms with Crippen molar-refractivity contribution in [1.29, 1.82) is 0 Å². The fourth-order valence-electron chi connectivity index (χ4n) is 8.82. The lowest BCUT2D eigenvalue weighted by Crippen LogP contribution is -2.71. The van der Waals surface area contributed by atoms with Crippen LogP contribution in [0.2, 0.25) is 0 Å². The van der Waals surface area contributed by atoms with Gasteiger partial charge >= 0.3 is 0 Å². The maximum atomic E-state index is 12.0. The Morgan fingerprint density at radius 3 is 2.58 bits per heavy atom. The van der Waals surface area contributed by atoms with Gasteiger partial charge in [-0.2, -0.15) is 0 Å². The second-order valence-corrected chi connectivity index (χ2v) is 12.2. The molecular weight excluding hydrogens is 390 g/mol. The number of likely N-dealkylation sites (N-methyl/N-ethyl adjacent to an activating group) is 1. The molecule has 2 spiro atoms. The summed E-state index contributed by atoms with van der Waals surface area (Å²) in [7, 11) is 5.86. The first-order valence-corrected chi connectivity index (χ1v) is 11.8. The number of aliphatic hydroxyl groups is 1. The monoisotopic (exact) mass is 427 g/mol. The van der Waals surface area contributed by atoms with Gasteiger partial charge in [-0.1, -0.05) is 26.8 Å². The van der Waals surface area contributed by atoms with E-state index in [0.29, 0.717) is 6.04 Å². The topological polar surface area (TPSA) is 51.2 Å². The van der Waals surface area contributed by atoms with Gasteiger partial charge in [-0.15, -0.1) is 0 Å². The van der Waals surface area contributed by atoms with E-state index in [4.69, 9.17) is 14.2 Å². The summed E-state index contributed by atoms with van der Waals surface area (Å²) in [6, 6.07) is 4.78. The zero-order valence-corrected chi connectivity index (χ0v) is 20.0. The van der Waals surface area contributed by atoms with E-state index in [9.17, 15) is 5.11 Å². The molecule has 170 valence electrons. The maximum Gasteiger partial charge on any atom is 0.165 e. The van der Waals surface area contributed by atoms with E-state index in [1.165, 1.54) is 11.1 Å². The number of fused-ring (bicyclic) bond motifs is 2. The number of likely N-dealkylation sites (tertiary alicyclic amines) is 1. The van der Waals surface area contributed by atoms with Gasteiger partial charge in [0.2, 0.25) is 0 Å². The third-order valence-electron chi connectivity index (χ3n) is 10.7. The van der Waals surface area contributed by atoms with Gasteiger partial charge in [0.1, 0.15) is 11.7 Å². The SMILES string of the molecule is COc1ccc2c3c1O[C@@H]1C34CCN(C)C(C2)[C@@]42C[C@H]([C@](C)(O)C(C)(C)C)[C@]1(OC)C2. The van der Waals surface area contributed by atoms with E-state index >= 15 is 0 Å². The van der Waals surface area contributed by atoms with Crippen LogP contribution in [0.3, 0.4) is 0 Å². The van der Waals surface area contributed by atoms with E-state index < -0.39 is 11.2 Å². The number of rotatable bonds is 3. The number of methoxy groups -OCH3 is 2. The molecule has 5 heteroatoms. The highest BCUT2D eigenvalue weighted by Gasteiger charge is 2.86. The molecule has 1 N–H and O–H groups in total. The van der Waals surface area contributed by atoms with Crippen molar-refractivity contribution in [3.8, 4) is 11.5 Å². The molecule has 0 amide bonds. The summed E-state index contributed by atoms with van der Waals surface area (Å²) in [5, 5.41) is 12.0. The first-order chi connectivity index (χ1) is 14.5. The van der Waals surface area contributed by atoms with Crippen molar-refractivity contribution in [3.05, 3.63) is 23.3 Å². The Morgan fingerprint density at radius 1 is 1.19 bits per heavy atom. The Bertz CT molecular complexity index is 967. The van der Waals surface area contributed by atoms with Gasteiger partial charge in [0.15, 0.2) is 11.5 Å². The summed E-state index contributed by atoms with van der Waals surface area (Å²) < 4.78 is 19.3. The van der Waals surface area contributed by atoms with Crippen molar-refractivity contribution >= 4 is 0 Å². The minimum absolute atomic E-state index is 0.0129. The molecule has 3 fully saturated rings. The van der Waals surface area contributed by atoms with Crippen LogP contribution in [0.25, 0.3) is 0 Å². The zero-order valence-electron chi connectivity index (χ0n) is 20.0. The molecule has 3 aliphatic carbocycles. The van der Waals surface area contributed by atoms with Crippen LogP contribution in [-0.4, -0.2) is 61.2 Å². The first kappa shape index (κ1) is 20.3. The zero-order chi connectivity index (χ0) is 22.2. The molecule has 2 unspecified atom stereocenters. The highest BCUT2D eigenvalue weighted by Crippen LogP contribution is 2.81. The standard InChI is InChI=1S/C26H37NO4/c1-22(2,3)23(4,28)17-13-24-14-26(17,30-7)21-25(24)10-11-27(5)18(24)12-15-8-9-16(29-6)20(31-21)19(15)25/h8-9,17-18,21,28H,10-14H2,1-7H3/t17-,18?,21-,23+,24+,25?,26-/m1/s1. The molecule has 5 nitrogen and oxygen atoms in total. The molecule has 5 aliphatic rings. The molecule has 2 heterocycles. The van der Waals surface area contributed by atoms with E-state index in [1.807, 2.05) is 14.0 Å². The lowest BCUT2D eigenvalue weighted by Gasteiger charge is -2.63. The molecule has 2 aliphatic heterocycles. The molecule has 31 heavy (non-hydrogen) atoms. The summed E-state index contributed by atoms with van der Waals surface area (Å²) in [6.07, 6.45) is 3.97. The van der Waals surface area contributed by atoms with Crippen molar-refractivity contribution in [2.24, 2.45) is 16.7 Å². The summed E-state index contributed by atoms with van der Waals surface area (Å²) in [5.41, 5.74) is 1.16. The molecule has 1 aromatic carbocycles. The summed E-state index contributed by atoms with van der Waals surface area (Å²) >= 11 is 0. The Kier molecular flexibility index (Phi) is 3.67. The minimum atomic E-state index is -0.872. The number of hydrogen-bond donors (Lipinski definition) is 1. The summed E-state index contributed by atoms with van der Waals surface area (Å²) in [4.78, 5) is 2.58. The molecule has 1 aromatic rings. The quantitative estimate of drug-likeness (QED) is 0.800. The Balaban J connectivity index is 1.64. The predicted octanol–water partition coefficient (Wildman–Crippen LogP) is 3.55. The van der Waals surface area contributed by atoms with E-state index in [2.05, 4.69) is 44.9 Å².